The molecular formula is C28H32N2O3. The Kier molecular flexibility index (Phi) is 9.07. The van der Waals surface area contributed by atoms with Crippen molar-refractivity contribution in [3.05, 3.63) is 102 Å². The lowest BCUT2D eigenvalue weighted by Gasteiger charge is -2.31. The quantitative estimate of drug-likeness (QED) is 0.442. The summed E-state index contributed by atoms with van der Waals surface area (Å²) in [4.78, 5) is 28.0. The number of likely N-dealkylation sites (N-methyl/N-ethyl adjacent to an activating group) is 1. The maximum absolute atomic E-state index is 13.4. The molecule has 2 amide bonds. The monoisotopic (exact) mass is 444 g/mol. The van der Waals surface area contributed by atoms with E-state index >= 15 is 0 Å². The predicted molar refractivity (Wildman–Crippen MR) is 131 cm³/mol. The van der Waals surface area contributed by atoms with E-state index in [4.69, 9.17) is 4.74 Å². The molecular weight excluding hydrogens is 412 g/mol. The normalized spacial score (nSPS) is 11.5. The number of rotatable bonds is 11. The van der Waals surface area contributed by atoms with Gasteiger partial charge in [0.1, 0.15) is 11.8 Å². The first-order chi connectivity index (χ1) is 16.1. The lowest BCUT2D eigenvalue weighted by atomic mass is 10.0. The number of nitrogens with zero attached hydrogens (tertiary/aromatic N) is 1. The van der Waals surface area contributed by atoms with E-state index in [1.807, 2.05) is 91.9 Å². The van der Waals surface area contributed by atoms with Gasteiger partial charge in [-0.05, 0) is 36.6 Å². The number of ether oxygens (including phenoxy) is 1. The molecule has 0 fully saturated rings. The Morgan fingerprint density at radius 3 is 2.15 bits per heavy atom. The molecule has 0 aromatic heterocycles. The molecule has 0 aliphatic rings. The van der Waals surface area contributed by atoms with Crippen LogP contribution in [0.15, 0.2) is 84.9 Å². The number of hydrogen-bond donors (Lipinski definition) is 1. The highest BCUT2D eigenvalue weighted by Gasteiger charge is 2.29. The van der Waals surface area contributed by atoms with Crippen molar-refractivity contribution in [2.45, 2.75) is 38.8 Å². The number of carbonyl (C=O) groups is 2. The second-order valence-electron chi connectivity index (χ2n) is 8.09. The summed E-state index contributed by atoms with van der Waals surface area (Å²) >= 11 is 0. The summed E-state index contributed by atoms with van der Waals surface area (Å²) in [6.07, 6.45) is 1.34. The van der Waals surface area contributed by atoms with Crippen LogP contribution in [0.25, 0.3) is 0 Å². The van der Waals surface area contributed by atoms with Crippen molar-refractivity contribution in [3.63, 3.8) is 0 Å². The molecule has 5 heteroatoms. The summed E-state index contributed by atoms with van der Waals surface area (Å²) in [6, 6.07) is 26.8. The molecule has 3 rings (SSSR count). The number of benzene rings is 3. The largest absolute Gasteiger partial charge is 0.494 e. The minimum atomic E-state index is -0.596. The summed E-state index contributed by atoms with van der Waals surface area (Å²) in [5.41, 5.74) is 3.17. The summed E-state index contributed by atoms with van der Waals surface area (Å²) < 4.78 is 5.74. The van der Waals surface area contributed by atoms with E-state index in [0.717, 1.165) is 22.4 Å². The minimum absolute atomic E-state index is 0.0585. The zero-order chi connectivity index (χ0) is 23.5. The van der Waals surface area contributed by atoms with E-state index in [0.29, 0.717) is 32.4 Å². The van der Waals surface area contributed by atoms with Crippen molar-refractivity contribution in [1.29, 1.82) is 0 Å². The molecule has 0 heterocycles. The number of para-hydroxylation sites is 1. The number of hydrogen-bond acceptors (Lipinski definition) is 3. The van der Waals surface area contributed by atoms with Gasteiger partial charge in [0.15, 0.2) is 0 Å². The molecule has 1 N–H and O–H groups in total. The van der Waals surface area contributed by atoms with Crippen LogP contribution in [0.4, 0.5) is 0 Å². The lowest BCUT2D eigenvalue weighted by molar-refractivity contribution is -0.141. The van der Waals surface area contributed by atoms with Crippen LogP contribution in [0, 0.1) is 6.92 Å². The van der Waals surface area contributed by atoms with Crippen molar-refractivity contribution < 1.29 is 14.3 Å². The third kappa shape index (κ3) is 7.49. The average Bonchev–Trinajstić information content (AvgIpc) is 2.86. The average molecular weight is 445 g/mol. The number of amides is 2. The highest BCUT2D eigenvalue weighted by Crippen LogP contribution is 2.17. The molecule has 172 valence electrons. The molecule has 0 unspecified atom stereocenters. The van der Waals surface area contributed by atoms with Crippen molar-refractivity contribution in [3.8, 4) is 5.75 Å². The third-order valence-corrected chi connectivity index (χ3v) is 5.54. The Balaban J connectivity index is 1.74. The number of carbonyl (C=O) groups excluding carboxylic acids is 2. The zero-order valence-electron chi connectivity index (χ0n) is 19.4. The van der Waals surface area contributed by atoms with E-state index in [9.17, 15) is 9.59 Å². The summed E-state index contributed by atoms with van der Waals surface area (Å²) in [7, 11) is 1.61. The van der Waals surface area contributed by atoms with Crippen molar-refractivity contribution in [2.24, 2.45) is 0 Å². The van der Waals surface area contributed by atoms with Gasteiger partial charge in [-0.15, -0.1) is 0 Å². The summed E-state index contributed by atoms with van der Waals surface area (Å²) in [6.45, 7) is 2.85. The summed E-state index contributed by atoms with van der Waals surface area (Å²) in [5, 5.41) is 2.75. The van der Waals surface area contributed by atoms with Crippen LogP contribution >= 0.6 is 0 Å². The van der Waals surface area contributed by atoms with Gasteiger partial charge in [0.2, 0.25) is 11.8 Å². The first kappa shape index (κ1) is 24.1. The van der Waals surface area contributed by atoms with Crippen LogP contribution < -0.4 is 10.1 Å². The Labute approximate surface area is 196 Å². The molecule has 0 radical (unpaired) electrons. The second kappa shape index (κ2) is 12.4. The van der Waals surface area contributed by atoms with Crippen LogP contribution in [0.2, 0.25) is 0 Å². The van der Waals surface area contributed by atoms with E-state index in [-0.39, 0.29) is 11.8 Å². The minimum Gasteiger partial charge on any atom is -0.494 e. The fourth-order valence-electron chi connectivity index (χ4n) is 3.68. The van der Waals surface area contributed by atoms with Crippen molar-refractivity contribution in [1.82, 2.24) is 10.2 Å². The highest BCUT2D eigenvalue weighted by atomic mass is 16.5. The summed E-state index contributed by atoms with van der Waals surface area (Å²) in [5.74, 6) is 0.561. The van der Waals surface area contributed by atoms with Gasteiger partial charge in [-0.3, -0.25) is 9.59 Å². The predicted octanol–water partition coefficient (Wildman–Crippen LogP) is 4.54. The topological polar surface area (TPSA) is 58.6 Å². The highest BCUT2D eigenvalue weighted by molar-refractivity contribution is 5.87. The molecule has 0 aliphatic heterocycles. The molecule has 0 saturated carbocycles. The van der Waals surface area contributed by atoms with Crippen molar-refractivity contribution >= 4 is 11.8 Å². The van der Waals surface area contributed by atoms with Gasteiger partial charge in [-0.2, -0.15) is 0 Å². The Morgan fingerprint density at radius 1 is 0.879 bits per heavy atom. The molecule has 3 aromatic rings. The molecule has 5 nitrogen and oxygen atoms in total. The van der Waals surface area contributed by atoms with Gasteiger partial charge in [-0.25, -0.2) is 0 Å². The van der Waals surface area contributed by atoms with Gasteiger partial charge in [0.05, 0.1) is 6.61 Å². The van der Waals surface area contributed by atoms with Crippen LogP contribution in [0.3, 0.4) is 0 Å². The zero-order valence-corrected chi connectivity index (χ0v) is 19.4. The fraction of sp³-hybridized carbons (Fsp3) is 0.286. The second-order valence-corrected chi connectivity index (χ2v) is 8.09. The van der Waals surface area contributed by atoms with Gasteiger partial charge in [0.25, 0.3) is 0 Å². The van der Waals surface area contributed by atoms with Gasteiger partial charge < -0.3 is 15.0 Å². The molecule has 33 heavy (non-hydrogen) atoms. The third-order valence-electron chi connectivity index (χ3n) is 5.54. The molecule has 0 aliphatic carbocycles. The molecule has 3 aromatic carbocycles. The molecule has 0 saturated heterocycles. The smallest absolute Gasteiger partial charge is 0.242 e. The first-order valence-corrected chi connectivity index (χ1v) is 11.3. The maximum Gasteiger partial charge on any atom is 0.242 e. The molecule has 0 bridgehead atoms. The fourth-order valence-corrected chi connectivity index (χ4v) is 3.68. The maximum atomic E-state index is 13.4. The van der Waals surface area contributed by atoms with Crippen LogP contribution in [-0.4, -0.2) is 36.4 Å². The van der Waals surface area contributed by atoms with E-state index in [1.54, 1.807) is 11.9 Å². The van der Waals surface area contributed by atoms with Gasteiger partial charge >= 0.3 is 0 Å². The Hall–Kier alpha value is -3.60. The van der Waals surface area contributed by atoms with E-state index in [2.05, 4.69) is 5.32 Å². The Bertz CT molecular complexity index is 1000. The molecule has 0 spiro atoms. The van der Waals surface area contributed by atoms with Crippen LogP contribution in [-0.2, 0) is 22.6 Å². The lowest BCUT2D eigenvalue weighted by Crippen LogP contribution is -2.49. The first-order valence-electron chi connectivity index (χ1n) is 11.3. The van der Waals surface area contributed by atoms with E-state index in [1.165, 1.54) is 0 Å². The van der Waals surface area contributed by atoms with Crippen LogP contribution in [0.1, 0.15) is 29.5 Å². The van der Waals surface area contributed by atoms with Crippen molar-refractivity contribution in [2.75, 3.05) is 13.7 Å². The Morgan fingerprint density at radius 2 is 1.52 bits per heavy atom. The molecule has 1 atom stereocenters. The standard InChI is InChI=1S/C28H32N2O3/c1-22-15-17-24(18-16-22)21-30(26(28(32)29-2)20-23-10-5-3-6-11-23)27(31)14-9-19-33-25-12-7-4-8-13-25/h3-8,10-13,15-18,26H,9,14,19-21H2,1-2H3,(H,29,32)/t26-/m1/s1. The number of nitrogens with one attached hydrogen (secondary N) is 1. The van der Waals surface area contributed by atoms with Crippen LogP contribution in [0.5, 0.6) is 5.75 Å². The SMILES string of the molecule is CNC(=O)[C@@H](Cc1ccccc1)N(Cc1ccc(C)cc1)C(=O)CCCOc1ccccc1. The van der Waals surface area contributed by atoms with Gasteiger partial charge in [0, 0.05) is 26.4 Å². The van der Waals surface area contributed by atoms with E-state index < -0.39 is 6.04 Å². The number of aryl methyl sites for hydroxylation is 1. The van der Waals surface area contributed by atoms with Gasteiger partial charge in [-0.1, -0.05) is 78.4 Å².